The van der Waals surface area contributed by atoms with Crippen molar-refractivity contribution in [2.45, 2.75) is 6.82 Å². The van der Waals surface area contributed by atoms with E-state index in [1.807, 2.05) is 13.0 Å². The average molecular weight is 196 g/mol. The molecule has 0 aliphatic carbocycles. The van der Waals surface area contributed by atoms with Crippen LogP contribution < -0.4 is 0 Å². The summed E-state index contributed by atoms with van der Waals surface area (Å²) in [6.07, 6.45) is 1.96. The van der Waals surface area contributed by atoms with Gasteiger partial charge in [0.25, 0.3) is 0 Å². The summed E-state index contributed by atoms with van der Waals surface area (Å²) in [6, 6.07) is 0. The van der Waals surface area contributed by atoms with E-state index < -0.39 is 0 Å². The van der Waals surface area contributed by atoms with Crippen molar-refractivity contribution in [3.63, 3.8) is 0 Å². The van der Waals surface area contributed by atoms with E-state index in [2.05, 4.69) is 21.2 Å². The molecule has 0 radical (unpaired) electrons. The summed E-state index contributed by atoms with van der Waals surface area (Å²) in [5, 5.41) is 0. The maximum atomic E-state index is 5.25. The van der Waals surface area contributed by atoms with Gasteiger partial charge in [0, 0.05) is 0 Å². The first-order valence-electron chi connectivity index (χ1n) is 1.20. The third kappa shape index (κ3) is 5.08. The Morgan fingerprint density at radius 2 is 2.20 bits per heavy atom. The molecule has 0 nitrogen and oxygen atoms in total. The van der Waals surface area contributed by atoms with Gasteiger partial charge in [-0.2, -0.15) is 0 Å². The molecule has 0 aliphatic rings. The van der Waals surface area contributed by atoms with Crippen LogP contribution in [-0.2, 0) is 0 Å². The summed E-state index contributed by atoms with van der Waals surface area (Å²) in [6.45, 7) is 7.23. The van der Waals surface area contributed by atoms with Gasteiger partial charge >= 0.3 is 47.4 Å². The molecular formula is CH3B2IS. The van der Waals surface area contributed by atoms with Crippen LogP contribution >= 0.6 is 27.9 Å². The molecule has 5 heavy (non-hydrogen) atoms. The first-order chi connectivity index (χ1) is 2.27. The van der Waals surface area contributed by atoms with Gasteiger partial charge < -0.3 is 0 Å². The number of hydrogen-bond acceptors (Lipinski definition) is 0. The van der Waals surface area contributed by atoms with Crippen molar-refractivity contribution in [2.75, 3.05) is 0 Å². The topological polar surface area (TPSA) is 0 Å². The third-order valence-corrected chi connectivity index (χ3v) is 2.20. The number of hydrogen-bond donors (Lipinski definition) is 0. The van der Waals surface area contributed by atoms with Gasteiger partial charge in [-0.3, -0.25) is 0 Å². The molecule has 0 saturated heterocycles. The monoisotopic (exact) mass is 196 g/mol. The standard InChI is InChI=1S/CH3B2IS/c1-3-5(2)4/h1H3. The average Bonchev–Trinajstić information content (AvgIpc) is 1.38. The van der Waals surface area contributed by atoms with Crippen LogP contribution in [0.25, 0.3) is 0 Å². The molecule has 0 bridgehead atoms. The van der Waals surface area contributed by atoms with E-state index in [1.54, 1.807) is 0 Å². The van der Waals surface area contributed by atoms with Crippen molar-refractivity contribution in [1.82, 2.24) is 0 Å². The quantitative estimate of drug-likeness (QED) is 0.405. The molecule has 0 fully saturated rings. The van der Waals surface area contributed by atoms with E-state index in [0.717, 1.165) is 0 Å². The minimum absolute atomic E-state index is 0.0225. The van der Waals surface area contributed by atoms with Crippen LogP contribution in [0.15, 0.2) is 0 Å². The molecule has 0 amide bonds. The van der Waals surface area contributed by atoms with Gasteiger partial charge in [-0.25, -0.2) is 0 Å². The normalized spacial score (nSPS) is 10.8. The molecule has 26 valence electrons. The predicted octanol–water partition coefficient (Wildman–Crippen LogP) is 1.36. The van der Waals surface area contributed by atoms with Crippen LogP contribution in [0.4, 0.5) is 0 Å². The Morgan fingerprint density at radius 3 is 2.20 bits per heavy atom. The van der Waals surface area contributed by atoms with Crippen molar-refractivity contribution in [3.8, 4) is 0 Å². The third-order valence-electron chi connectivity index (χ3n) is 0.225. The molecular weight excluding hydrogens is 193 g/mol. The van der Waals surface area contributed by atoms with Gasteiger partial charge in [-0.1, -0.05) is 0 Å². The Morgan fingerprint density at radius 1 is 2.00 bits per heavy atom. The van der Waals surface area contributed by atoms with Crippen LogP contribution in [0.2, 0.25) is 6.82 Å². The van der Waals surface area contributed by atoms with Gasteiger partial charge in [0.05, 0.1) is 0 Å². The van der Waals surface area contributed by atoms with Gasteiger partial charge in [-0.15, -0.1) is 0 Å². The Hall–Kier alpha value is 1.08. The van der Waals surface area contributed by atoms with Crippen molar-refractivity contribution in [2.24, 2.45) is 0 Å². The van der Waals surface area contributed by atoms with Crippen LogP contribution in [0, 0.1) is 0 Å². The van der Waals surface area contributed by atoms with E-state index in [1.165, 1.54) is 0 Å². The number of rotatable bonds is 0. The fourth-order valence-corrected chi connectivity index (χ4v) is 0. The molecule has 0 aromatic heterocycles. The van der Waals surface area contributed by atoms with Crippen molar-refractivity contribution in [3.05, 3.63) is 0 Å². The second-order valence-corrected chi connectivity index (χ2v) is 4.70. The van der Waals surface area contributed by atoms with Crippen molar-refractivity contribution in [1.29, 1.82) is 0 Å². The van der Waals surface area contributed by atoms with Gasteiger partial charge in [0.1, 0.15) is 0 Å². The first kappa shape index (κ1) is 6.08. The van der Waals surface area contributed by atoms with Crippen LogP contribution in [0.3, 0.4) is 0 Å². The molecule has 0 aliphatic heterocycles. The van der Waals surface area contributed by atoms with E-state index in [0.29, 0.717) is 0 Å². The fourth-order valence-electron chi connectivity index (χ4n) is 0. The molecule has 0 aromatic carbocycles. The van der Waals surface area contributed by atoms with E-state index in [-0.39, 0.29) is 6.73 Å². The molecule has 0 spiro atoms. The Balaban J connectivity index is 3.82. The van der Waals surface area contributed by atoms with Crippen molar-refractivity contribution < 1.29 is 0 Å². The summed E-state index contributed by atoms with van der Waals surface area (Å²) >= 11 is 2.16. The van der Waals surface area contributed by atoms with Crippen LogP contribution in [0.5, 0.6) is 0 Å². The molecule has 0 saturated carbocycles. The molecule has 4 heteroatoms. The second kappa shape index (κ2) is 3.28. The predicted molar refractivity (Wildman–Crippen MR) is 39.0 cm³/mol. The van der Waals surface area contributed by atoms with Crippen LogP contribution in [0.1, 0.15) is 0 Å². The summed E-state index contributed by atoms with van der Waals surface area (Å²) in [5.41, 5.74) is 0. The first-order valence-corrected chi connectivity index (χ1v) is 5.10. The summed E-state index contributed by atoms with van der Waals surface area (Å²) in [5.74, 6) is 0. The number of halogens is 1. The van der Waals surface area contributed by atoms with E-state index in [9.17, 15) is 0 Å². The summed E-state index contributed by atoms with van der Waals surface area (Å²) in [7, 11) is 0. The van der Waals surface area contributed by atoms with Gasteiger partial charge in [-0.05, 0) is 0 Å². The molecule has 0 heterocycles. The minimum atomic E-state index is 0.0225. The molecule has 0 aromatic rings. The van der Waals surface area contributed by atoms with Crippen molar-refractivity contribution >= 4 is 40.6 Å². The molecule has 0 atom stereocenters. The SMILES string of the molecule is B#S(I)=BC. The second-order valence-electron chi connectivity index (χ2n) is 0.550. The van der Waals surface area contributed by atoms with E-state index >= 15 is 0 Å². The van der Waals surface area contributed by atoms with Crippen LogP contribution in [-0.4, -0.2) is 12.7 Å². The fraction of sp³-hybridized carbons (Fsp3) is 1.00. The van der Waals surface area contributed by atoms with Gasteiger partial charge in [0.15, 0.2) is 0 Å². The van der Waals surface area contributed by atoms with E-state index in [4.69, 9.17) is 6.53 Å². The molecule has 0 unspecified atom stereocenters. The zero-order valence-corrected chi connectivity index (χ0v) is 5.91. The maximum absolute atomic E-state index is 5.25. The Labute approximate surface area is 47.4 Å². The molecule has 0 N–H and O–H groups in total. The zero-order chi connectivity index (χ0) is 4.28. The Bertz CT molecular complexity index is 120. The summed E-state index contributed by atoms with van der Waals surface area (Å²) < 4.78 is 0. The Kier molecular flexibility index (Phi) is 3.98. The molecule has 0 rings (SSSR count). The zero-order valence-electron chi connectivity index (χ0n) is 2.94. The summed E-state index contributed by atoms with van der Waals surface area (Å²) in [4.78, 5) is 0. The van der Waals surface area contributed by atoms with Gasteiger partial charge in [0.2, 0.25) is 0 Å².